The molecule has 0 unspecified atom stereocenters. The highest BCUT2D eigenvalue weighted by atomic mass is 16.5. The van der Waals surface area contributed by atoms with E-state index in [1.54, 1.807) is 49.5 Å². The van der Waals surface area contributed by atoms with Gasteiger partial charge in [0, 0.05) is 12.3 Å². The molecule has 0 fully saturated rings. The van der Waals surface area contributed by atoms with E-state index in [-0.39, 0.29) is 0 Å². The fourth-order valence-electron chi connectivity index (χ4n) is 2.67. The van der Waals surface area contributed by atoms with E-state index in [1.165, 1.54) is 11.1 Å². The van der Waals surface area contributed by atoms with E-state index in [9.17, 15) is 4.79 Å². The van der Waals surface area contributed by atoms with Gasteiger partial charge in [0.05, 0.1) is 38.3 Å². The number of nitrogens with zero attached hydrogens (tertiary/aromatic N) is 2. The molecular weight excluding hydrogens is 344 g/mol. The summed E-state index contributed by atoms with van der Waals surface area (Å²) in [4.78, 5) is 12.3. The van der Waals surface area contributed by atoms with Gasteiger partial charge in [-0.05, 0) is 30.2 Å². The van der Waals surface area contributed by atoms with Gasteiger partial charge in [0.15, 0.2) is 0 Å². The fraction of sp³-hybridized carbons (Fsp3) is 0.200. The summed E-state index contributed by atoms with van der Waals surface area (Å²) >= 11 is 0. The number of aromatic nitrogens is 2. The van der Waals surface area contributed by atoms with Crippen LogP contribution in [0.25, 0.3) is 0 Å². The second kappa shape index (κ2) is 8.27. The first-order valence-electron chi connectivity index (χ1n) is 8.46. The summed E-state index contributed by atoms with van der Waals surface area (Å²) in [5.41, 5.74) is 3.49. The molecule has 1 aromatic heterocycles. The number of hydrogen-bond acceptors (Lipinski definition) is 4. The van der Waals surface area contributed by atoms with Crippen LogP contribution in [0.3, 0.4) is 0 Å². The van der Waals surface area contributed by atoms with Crippen LogP contribution in [0.1, 0.15) is 11.1 Å². The molecule has 0 aliphatic heterocycles. The van der Waals surface area contributed by atoms with Crippen molar-refractivity contribution in [3.05, 3.63) is 66.0 Å². The molecule has 0 saturated carbocycles. The molecule has 0 aliphatic carbocycles. The van der Waals surface area contributed by atoms with Crippen LogP contribution in [0.15, 0.2) is 54.9 Å². The van der Waals surface area contributed by atoms with Crippen LogP contribution in [0.4, 0.5) is 16.2 Å². The third-order valence-electron chi connectivity index (χ3n) is 4.14. The number of carbonyl (C=O) groups excluding carboxylic acids is 1. The number of anilines is 2. The number of benzene rings is 2. The highest BCUT2D eigenvalue weighted by molar-refractivity contribution is 6.00. The van der Waals surface area contributed by atoms with E-state index in [1.807, 2.05) is 12.1 Å². The number of rotatable bonds is 6. The molecule has 7 nitrogen and oxygen atoms in total. The Bertz CT molecular complexity index is 936. The maximum atomic E-state index is 12.3. The van der Waals surface area contributed by atoms with Crippen molar-refractivity contribution in [2.24, 2.45) is 0 Å². The van der Waals surface area contributed by atoms with E-state index < -0.39 is 6.03 Å². The average molecular weight is 366 g/mol. The van der Waals surface area contributed by atoms with Gasteiger partial charge < -0.3 is 20.1 Å². The molecule has 2 N–H and O–H groups in total. The van der Waals surface area contributed by atoms with E-state index in [2.05, 4.69) is 34.8 Å². The second-order valence-electron chi connectivity index (χ2n) is 6.00. The van der Waals surface area contributed by atoms with Crippen molar-refractivity contribution < 1.29 is 14.3 Å². The Kier molecular flexibility index (Phi) is 5.61. The van der Waals surface area contributed by atoms with Crippen LogP contribution in [-0.2, 0) is 6.54 Å². The van der Waals surface area contributed by atoms with Crippen molar-refractivity contribution in [2.45, 2.75) is 13.5 Å². The quantitative estimate of drug-likeness (QED) is 0.694. The summed E-state index contributed by atoms with van der Waals surface area (Å²) in [6, 6.07) is 12.9. The van der Waals surface area contributed by atoms with E-state index in [4.69, 9.17) is 9.47 Å². The van der Waals surface area contributed by atoms with Crippen molar-refractivity contribution in [2.75, 3.05) is 24.9 Å². The number of aryl methyl sites for hydroxylation is 1. The van der Waals surface area contributed by atoms with Crippen LogP contribution < -0.4 is 20.1 Å². The van der Waals surface area contributed by atoms with E-state index in [0.717, 1.165) is 0 Å². The highest BCUT2D eigenvalue weighted by Crippen LogP contribution is 2.29. The molecule has 140 valence electrons. The minimum atomic E-state index is -0.392. The molecule has 2 amide bonds. The standard InChI is InChI=1S/C20H22N4O3/c1-14-6-4-5-7-15(14)12-24-13-16(11-21-24)22-20(25)23-18-10-17(26-2)8-9-19(18)27-3/h4-11,13H,12H2,1-3H3,(H2,22,23,25). The number of ether oxygens (including phenoxy) is 2. The SMILES string of the molecule is COc1ccc(OC)c(NC(=O)Nc2cnn(Cc3ccccc3C)c2)c1. The Balaban J connectivity index is 1.65. The van der Waals surface area contributed by atoms with Crippen molar-refractivity contribution >= 4 is 17.4 Å². The van der Waals surface area contributed by atoms with Gasteiger partial charge in [-0.1, -0.05) is 24.3 Å². The molecular formula is C20H22N4O3. The molecule has 0 aliphatic rings. The molecule has 2 aromatic carbocycles. The lowest BCUT2D eigenvalue weighted by Gasteiger charge is -2.12. The van der Waals surface area contributed by atoms with Crippen molar-refractivity contribution in [3.63, 3.8) is 0 Å². The summed E-state index contributed by atoms with van der Waals surface area (Å²) in [7, 11) is 3.11. The van der Waals surface area contributed by atoms with Gasteiger partial charge in [-0.3, -0.25) is 4.68 Å². The van der Waals surface area contributed by atoms with Crippen LogP contribution >= 0.6 is 0 Å². The van der Waals surface area contributed by atoms with Gasteiger partial charge in [-0.25, -0.2) is 4.79 Å². The summed E-state index contributed by atoms with van der Waals surface area (Å²) in [6.07, 6.45) is 3.40. The molecule has 7 heteroatoms. The zero-order valence-electron chi connectivity index (χ0n) is 15.5. The highest BCUT2D eigenvalue weighted by Gasteiger charge is 2.10. The summed E-state index contributed by atoms with van der Waals surface area (Å²) in [6.45, 7) is 2.70. The normalized spacial score (nSPS) is 10.3. The Labute approximate surface area is 157 Å². The zero-order valence-corrected chi connectivity index (χ0v) is 15.5. The largest absolute Gasteiger partial charge is 0.497 e. The molecule has 0 saturated heterocycles. The first-order chi connectivity index (χ1) is 13.1. The topological polar surface area (TPSA) is 77.4 Å². The Morgan fingerprint density at radius 3 is 2.67 bits per heavy atom. The van der Waals surface area contributed by atoms with Crippen molar-refractivity contribution in [3.8, 4) is 11.5 Å². The second-order valence-corrected chi connectivity index (χ2v) is 6.00. The number of methoxy groups -OCH3 is 2. The minimum absolute atomic E-state index is 0.392. The lowest BCUT2D eigenvalue weighted by atomic mass is 10.1. The van der Waals surface area contributed by atoms with Crippen molar-refractivity contribution in [1.82, 2.24) is 9.78 Å². The Morgan fingerprint density at radius 1 is 1.11 bits per heavy atom. The van der Waals surface area contributed by atoms with Gasteiger partial charge in [0.2, 0.25) is 0 Å². The Hall–Kier alpha value is -3.48. The predicted molar refractivity (Wildman–Crippen MR) is 105 cm³/mol. The zero-order chi connectivity index (χ0) is 19.2. The minimum Gasteiger partial charge on any atom is -0.497 e. The molecule has 0 atom stereocenters. The van der Waals surface area contributed by atoms with Gasteiger partial charge in [-0.2, -0.15) is 5.10 Å². The van der Waals surface area contributed by atoms with E-state index >= 15 is 0 Å². The third-order valence-corrected chi connectivity index (χ3v) is 4.14. The predicted octanol–water partition coefficient (Wildman–Crippen LogP) is 3.90. The van der Waals surface area contributed by atoms with Gasteiger partial charge in [0.25, 0.3) is 0 Å². The number of hydrogen-bond donors (Lipinski definition) is 2. The maximum Gasteiger partial charge on any atom is 0.323 e. The van der Waals surface area contributed by atoms with Gasteiger partial charge in [0.1, 0.15) is 11.5 Å². The molecule has 3 rings (SSSR count). The lowest BCUT2D eigenvalue weighted by molar-refractivity contribution is 0.262. The molecule has 0 radical (unpaired) electrons. The van der Waals surface area contributed by atoms with Crippen molar-refractivity contribution in [1.29, 1.82) is 0 Å². The van der Waals surface area contributed by atoms with Crippen LogP contribution in [0, 0.1) is 6.92 Å². The molecule has 3 aromatic rings. The number of carbonyl (C=O) groups is 1. The first-order valence-corrected chi connectivity index (χ1v) is 8.46. The first kappa shape index (κ1) is 18.3. The van der Waals surface area contributed by atoms with Crippen LogP contribution in [-0.4, -0.2) is 30.0 Å². The number of urea groups is 1. The fourth-order valence-corrected chi connectivity index (χ4v) is 2.67. The number of amides is 2. The number of nitrogens with one attached hydrogen (secondary N) is 2. The molecule has 27 heavy (non-hydrogen) atoms. The van der Waals surface area contributed by atoms with E-state index in [0.29, 0.717) is 29.4 Å². The Morgan fingerprint density at radius 2 is 1.93 bits per heavy atom. The van der Waals surface area contributed by atoms with Crippen LogP contribution in [0.2, 0.25) is 0 Å². The summed E-state index contributed by atoms with van der Waals surface area (Å²) < 4.78 is 12.2. The lowest BCUT2D eigenvalue weighted by Crippen LogP contribution is -2.19. The third kappa shape index (κ3) is 4.58. The summed E-state index contributed by atoms with van der Waals surface area (Å²) in [5, 5.41) is 9.83. The molecule has 0 bridgehead atoms. The molecule has 1 heterocycles. The van der Waals surface area contributed by atoms with Gasteiger partial charge in [-0.15, -0.1) is 0 Å². The van der Waals surface area contributed by atoms with Crippen LogP contribution in [0.5, 0.6) is 11.5 Å². The molecule has 0 spiro atoms. The summed E-state index contributed by atoms with van der Waals surface area (Å²) in [5.74, 6) is 1.17. The van der Waals surface area contributed by atoms with Gasteiger partial charge >= 0.3 is 6.03 Å². The average Bonchev–Trinajstić information content (AvgIpc) is 3.10. The smallest absolute Gasteiger partial charge is 0.323 e. The monoisotopic (exact) mass is 366 g/mol. The maximum absolute atomic E-state index is 12.3.